The zero-order valence-corrected chi connectivity index (χ0v) is 16.6. The quantitative estimate of drug-likeness (QED) is 0.713. The predicted molar refractivity (Wildman–Crippen MR) is 104 cm³/mol. The largest absolute Gasteiger partial charge is 0.381 e. The second-order valence-electron chi connectivity index (χ2n) is 6.12. The highest BCUT2D eigenvalue weighted by Crippen LogP contribution is 2.36. The molecule has 3 rings (SSSR count). The lowest BCUT2D eigenvalue weighted by Gasteiger charge is -2.36. The van der Waals surface area contributed by atoms with E-state index in [-0.39, 0.29) is 5.91 Å². The lowest BCUT2D eigenvalue weighted by Crippen LogP contribution is -2.47. The highest BCUT2D eigenvalue weighted by Gasteiger charge is 2.41. The lowest BCUT2D eigenvalue weighted by molar-refractivity contribution is -0.130. The number of carbonyl (C=O) groups is 1. The summed E-state index contributed by atoms with van der Waals surface area (Å²) < 4.78 is 6.48. The fraction of sp³-hybridized carbons (Fsp3) is 0.316. The molecule has 2 aromatic rings. The first-order chi connectivity index (χ1) is 12.0. The number of hydrogen-bond acceptors (Lipinski definition) is 2. The van der Waals surface area contributed by atoms with Gasteiger partial charge in [-0.1, -0.05) is 57.3 Å². The molecule has 0 saturated carbocycles. The number of halogens is 3. The van der Waals surface area contributed by atoms with Crippen LogP contribution >= 0.6 is 39.1 Å². The molecular formula is C19H18BrCl2NO2. The van der Waals surface area contributed by atoms with Crippen molar-refractivity contribution in [1.82, 2.24) is 5.32 Å². The Labute approximate surface area is 165 Å². The molecule has 0 unspecified atom stereocenters. The maximum absolute atomic E-state index is 13.1. The van der Waals surface area contributed by atoms with Gasteiger partial charge in [-0.2, -0.15) is 0 Å². The summed E-state index contributed by atoms with van der Waals surface area (Å²) in [5.74, 6) is 0.00383. The molecular weight excluding hydrogens is 425 g/mol. The molecule has 0 spiro atoms. The van der Waals surface area contributed by atoms with E-state index in [0.29, 0.717) is 42.6 Å². The van der Waals surface area contributed by atoms with Gasteiger partial charge in [0, 0.05) is 34.3 Å². The van der Waals surface area contributed by atoms with Gasteiger partial charge in [0.2, 0.25) is 5.91 Å². The van der Waals surface area contributed by atoms with Crippen LogP contribution in [0, 0.1) is 0 Å². The number of hydrogen-bond donors (Lipinski definition) is 1. The zero-order chi connectivity index (χ0) is 17.9. The smallest absolute Gasteiger partial charge is 0.231 e. The SMILES string of the molecule is O=C(NCc1ccc(Cl)cc1Cl)C1(c2ccc(Br)cc2)CCOCC1. The maximum atomic E-state index is 13.1. The lowest BCUT2D eigenvalue weighted by atomic mass is 9.73. The highest BCUT2D eigenvalue weighted by atomic mass is 79.9. The van der Waals surface area contributed by atoms with Crippen LogP contribution < -0.4 is 5.32 Å². The molecule has 6 heteroatoms. The van der Waals surface area contributed by atoms with Crippen molar-refractivity contribution >= 4 is 45.0 Å². The molecule has 1 fully saturated rings. The fourth-order valence-corrected chi connectivity index (χ4v) is 3.89. The van der Waals surface area contributed by atoms with Crippen molar-refractivity contribution < 1.29 is 9.53 Å². The Morgan fingerprint density at radius 1 is 1.12 bits per heavy atom. The first kappa shape index (κ1) is 18.7. The van der Waals surface area contributed by atoms with Crippen LogP contribution in [0.2, 0.25) is 10.0 Å². The van der Waals surface area contributed by atoms with Gasteiger partial charge >= 0.3 is 0 Å². The van der Waals surface area contributed by atoms with Crippen LogP contribution in [0.15, 0.2) is 46.9 Å². The highest BCUT2D eigenvalue weighted by molar-refractivity contribution is 9.10. The molecule has 1 saturated heterocycles. The topological polar surface area (TPSA) is 38.3 Å². The summed E-state index contributed by atoms with van der Waals surface area (Å²) in [5.41, 5.74) is 1.29. The number of amides is 1. The van der Waals surface area contributed by atoms with Crippen LogP contribution in [-0.2, 0) is 21.5 Å². The van der Waals surface area contributed by atoms with Gasteiger partial charge in [-0.25, -0.2) is 0 Å². The Balaban J connectivity index is 1.81. The van der Waals surface area contributed by atoms with Crippen molar-refractivity contribution in [2.75, 3.05) is 13.2 Å². The van der Waals surface area contributed by atoms with E-state index in [0.717, 1.165) is 15.6 Å². The molecule has 0 aliphatic carbocycles. The van der Waals surface area contributed by atoms with Crippen LogP contribution in [-0.4, -0.2) is 19.1 Å². The molecule has 0 aromatic heterocycles. The Morgan fingerprint density at radius 3 is 2.44 bits per heavy atom. The van der Waals surface area contributed by atoms with E-state index in [1.807, 2.05) is 30.3 Å². The second kappa shape index (κ2) is 8.09. The minimum atomic E-state index is -0.572. The first-order valence-electron chi connectivity index (χ1n) is 8.07. The van der Waals surface area contributed by atoms with Crippen LogP contribution in [0.3, 0.4) is 0 Å². The van der Waals surface area contributed by atoms with Gasteiger partial charge in [0.05, 0.1) is 5.41 Å². The maximum Gasteiger partial charge on any atom is 0.231 e. The number of rotatable bonds is 4. The van der Waals surface area contributed by atoms with Crippen LogP contribution in [0.5, 0.6) is 0 Å². The third-order valence-corrected chi connectivity index (χ3v) is 5.75. The molecule has 2 aromatic carbocycles. The Kier molecular flexibility index (Phi) is 6.05. The van der Waals surface area contributed by atoms with Crippen molar-refractivity contribution in [3.8, 4) is 0 Å². The van der Waals surface area contributed by atoms with E-state index in [1.54, 1.807) is 12.1 Å². The predicted octanol–water partition coefficient (Wildman–Crippen LogP) is 5.12. The molecule has 25 heavy (non-hydrogen) atoms. The second-order valence-corrected chi connectivity index (χ2v) is 7.88. The standard InChI is InChI=1S/C19H18BrCl2NO2/c20-15-4-2-14(3-5-15)19(7-9-25-10-8-19)18(24)23-12-13-1-6-16(21)11-17(13)22/h1-6,11H,7-10,12H2,(H,23,24). The third-order valence-electron chi connectivity index (χ3n) is 4.63. The summed E-state index contributed by atoms with van der Waals surface area (Å²) >= 11 is 15.6. The summed E-state index contributed by atoms with van der Waals surface area (Å²) in [6.45, 7) is 1.52. The minimum absolute atomic E-state index is 0.00383. The molecule has 0 bridgehead atoms. The Hall–Kier alpha value is -1.07. The molecule has 0 radical (unpaired) electrons. The molecule has 0 atom stereocenters. The minimum Gasteiger partial charge on any atom is -0.381 e. The molecule has 1 N–H and O–H groups in total. The molecule has 1 aliphatic rings. The zero-order valence-electron chi connectivity index (χ0n) is 13.5. The summed E-state index contributed by atoms with van der Waals surface area (Å²) in [7, 11) is 0. The monoisotopic (exact) mass is 441 g/mol. The third kappa shape index (κ3) is 4.20. The van der Waals surface area contributed by atoms with Gasteiger partial charge < -0.3 is 10.1 Å². The van der Waals surface area contributed by atoms with E-state index in [2.05, 4.69) is 21.2 Å². The fourth-order valence-electron chi connectivity index (χ4n) is 3.15. The average Bonchev–Trinajstić information content (AvgIpc) is 2.62. The van der Waals surface area contributed by atoms with Crippen LogP contribution in [0.4, 0.5) is 0 Å². The molecule has 132 valence electrons. The normalized spacial score (nSPS) is 16.4. The van der Waals surface area contributed by atoms with E-state index in [9.17, 15) is 4.79 Å². The Morgan fingerprint density at radius 2 is 1.80 bits per heavy atom. The summed E-state index contributed by atoms with van der Waals surface area (Å²) in [4.78, 5) is 13.1. The van der Waals surface area contributed by atoms with Crippen molar-refractivity contribution in [3.05, 3.63) is 68.1 Å². The van der Waals surface area contributed by atoms with Crippen molar-refractivity contribution in [2.24, 2.45) is 0 Å². The molecule has 1 heterocycles. The summed E-state index contributed by atoms with van der Waals surface area (Å²) in [5, 5.41) is 4.18. The summed E-state index contributed by atoms with van der Waals surface area (Å²) in [6.07, 6.45) is 1.32. The van der Waals surface area contributed by atoms with Gasteiger partial charge in [-0.3, -0.25) is 4.79 Å². The van der Waals surface area contributed by atoms with Crippen molar-refractivity contribution in [3.63, 3.8) is 0 Å². The molecule has 3 nitrogen and oxygen atoms in total. The van der Waals surface area contributed by atoms with Gasteiger partial charge in [-0.05, 0) is 48.2 Å². The number of nitrogens with one attached hydrogen (secondary N) is 1. The number of carbonyl (C=O) groups excluding carboxylic acids is 1. The Bertz CT molecular complexity index is 759. The van der Waals surface area contributed by atoms with Gasteiger partial charge in [0.1, 0.15) is 0 Å². The van der Waals surface area contributed by atoms with Gasteiger partial charge in [-0.15, -0.1) is 0 Å². The van der Waals surface area contributed by atoms with E-state index >= 15 is 0 Å². The summed E-state index contributed by atoms with van der Waals surface area (Å²) in [6, 6.07) is 13.2. The van der Waals surface area contributed by atoms with Crippen molar-refractivity contribution in [2.45, 2.75) is 24.8 Å². The number of benzene rings is 2. The molecule has 1 amide bonds. The van der Waals surface area contributed by atoms with Crippen LogP contribution in [0.1, 0.15) is 24.0 Å². The van der Waals surface area contributed by atoms with E-state index < -0.39 is 5.41 Å². The van der Waals surface area contributed by atoms with Crippen molar-refractivity contribution in [1.29, 1.82) is 0 Å². The van der Waals surface area contributed by atoms with Gasteiger partial charge in [0.25, 0.3) is 0 Å². The van der Waals surface area contributed by atoms with E-state index in [1.165, 1.54) is 0 Å². The molecule has 1 aliphatic heterocycles. The average molecular weight is 443 g/mol. The van der Waals surface area contributed by atoms with Gasteiger partial charge in [0.15, 0.2) is 0 Å². The van der Waals surface area contributed by atoms with E-state index in [4.69, 9.17) is 27.9 Å². The number of ether oxygens (including phenoxy) is 1. The van der Waals surface area contributed by atoms with Crippen LogP contribution in [0.25, 0.3) is 0 Å². The first-order valence-corrected chi connectivity index (χ1v) is 9.62.